The highest BCUT2D eigenvalue weighted by molar-refractivity contribution is 6.30. The summed E-state index contributed by atoms with van der Waals surface area (Å²) in [5.74, 6) is -1.97. The molecular formula is C11H11ClF3NO2. The molecule has 1 unspecified atom stereocenters. The lowest BCUT2D eigenvalue weighted by Crippen LogP contribution is -2.59. The van der Waals surface area contributed by atoms with Crippen molar-refractivity contribution in [2.24, 2.45) is 0 Å². The van der Waals surface area contributed by atoms with Gasteiger partial charge in [-0.25, -0.2) is 4.79 Å². The number of carbonyl (C=O) groups is 1. The van der Waals surface area contributed by atoms with Crippen LogP contribution in [0.2, 0.25) is 5.02 Å². The van der Waals surface area contributed by atoms with Crippen molar-refractivity contribution in [2.75, 3.05) is 0 Å². The predicted octanol–water partition coefficient (Wildman–Crippen LogP) is 2.84. The van der Waals surface area contributed by atoms with Crippen molar-refractivity contribution in [3.05, 3.63) is 34.9 Å². The third-order valence-corrected chi connectivity index (χ3v) is 2.76. The minimum absolute atomic E-state index is 0.247. The Hall–Kier alpha value is -1.27. The Labute approximate surface area is 107 Å². The van der Waals surface area contributed by atoms with E-state index in [9.17, 15) is 18.0 Å². The van der Waals surface area contributed by atoms with Gasteiger partial charge in [0.15, 0.2) is 0 Å². The second-order valence-corrected chi connectivity index (χ2v) is 4.35. The maximum Gasteiger partial charge on any atom is 0.417 e. The number of benzene rings is 1. The van der Waals surface area contributed by atoms with Crippen LogP contribution in [0.1, 0.15) is 12.5 Å². The molecular weight excluding hydrogens is 271 g/mol. The van der Waals surface area contributed by atoms with Crippen LogP contribution in [0.15, 0.2) is 24.3 Å². The SMILES string of the molecule is CC(NCc1cccc(Cl)c1)(C(=O)O)C(F)(F)F. The number of rotatable bonds is 4. The fourth-order valence-corrected chi connectivity index (χ4v) is 1.44. The van der Waals surface area contributed by atoms with Crippen molar-refractivity contribution >= 4 is 17.6 Å². The maximum absolute atomic E-state index is 12.7. The van der Waals surface area contributed by atoms with Crippen LogP contribution < -0.4 is 5.32 Å². The highest BCUT2D eigenvalue weighted by Gasteiger charge is 2.57. The van der Waals surface area contributed by atoms with E-state index in [1.54, 1.807) is 18.2 Å². The van der Waals surface area contributed by atoms with Gasteiger partial charge in [-0.3, -0.25) is 5.32 Å². The molecule has 0 spiro atoms. The number of carboxylic acids is 1. The molecule has 0 aliphatic rings. The molecule has 1 atom stereocenters. The maximum atomic E-state index is 12.7. The molecule has 7 heteroatoms. The lowest BCUT2D eigenvalue weighted by atomic mass is 10.0. The zero-order valence-electron chi connectivity index (χ0n) is 9.38. The molecule has 0 saturated carbocycles. The summed E-state index contributed by atoms with van der Waals surface area (Å²) in [4.78, 5) is 10.7. The lowest BCUT2D eigenvalue weighted by Gasteiger charge is -2.28. The number of aliphatic carboxylic acids is 1. The van der Waals surface area contributed by atoms with E-state index in [2.05, 4.69) is 0 Å². The Kier molecular flexibility index (Phi) is 4.24. The molecule has 1 rings (SSSR count). The van der Waals surface area contributed by atoms with E-state index in [-0.39, 0.29) is 6.54 Å². The molecule has 0 aliphatic carbocycles. The highest BCUT2D eigenvalue weighted by atomic mass is 35.5. The number of halogens is 4. The highest BCUT2D eigenvalue weighted by Crippen LogP contribution is 2.30. The second kappa shape index (κ2) is 5.16. The molecule has 0 heterocycles. The van der Waals surface area contributed by atoms with E-state index in [0.29, 0.717) is 17.5 Å². The van der Waals surface area contributed by atoms with Gasteiger partial charge in [0.1, 0.15) is 0 Å². The van der Waals surface area contributed by atoms with E-state index >= 15 is 0 Å². The Morgan fingerprint density at radius 2 is 2.06 bits per heavy atom. The molecule has 0 aromatic heterocycles. The van der Waals surface area contributed by atoms with E-state index in [1.807, 2.05) is 5.32 Å². The Balaban J connectivity index is 2.85. The van der Waals surface area contributed by atoms with Crippen LogP contribution in [0.3, 0.4) is 0 Å². The minimum Gasteiger partial charge on any atom is -0.480 e. The monoisotopic (exact) mass is 281 g/mol. The molecule has 3 nitrogen and oxygen atoms in total. The summed E-state index contributed by atoms with van der Waals surface area (Å²) in [7, 11) is 0. The quantitative estimate of drug-likeness (QED) is 0.892. The molecule has 0 aliphatic heterocycles. The summed E-state index contributed by atoms with van der Waals surface area (Å²) >= 11 is 5.68. The van der Waals surface area contributed by atoms with Gasteiger partial charge in [-0.05, 0) is 24.6 Å². The molecule has 18 heavy (non-hydrogen) atoms. The van der Waals surface area contributed by atoms with E-state index < -0.39 is 17.7 Å². The lowest BCUT2D eigenvalue weighted by molar-refractivity contribution is -0.206. The summed E-state index contributed by atoms with van der Waals surface area (Å²) in [6.07, 6.45) is -4.89. The summed E-state index contributed by atoms with van der Waals surface area (Å²) in [5, 5.41) is 11.1. The summed E-state index contributed by atoms with van der Waals surface area (Å²) in [6, 6.07) is 6.17. The van der Waals surface area contributed by atoms with Crippen molar-refractivity contribution in [2.45, 2.75) is 25.2 Å². The third-order valence-electron chi connectivity index (χ3n) is 2.53. The normalized spacial score (nSPS) is 15.2. The van der Waals surface area contributed by atoms with Crippen molar-refractivity contribution in [1.82, 2.24) is 5.32 Å². The molecule has 0 fully saturated rings. The molecule has 0 amide bonds. The first-order valence-corrected chi connectivity index (χ1v) is 5.34. The van der Waals surface area contributed by atoms with Gasteiger partial charge in [-0.1, -0.05) is 23.7 Å². The van der Waals surface area contributed by atoms with Gasteiger partial charge in [0.25, 0.3) is 0 Å². The van der Waals surface area contributed by atoms with Crippen LogP contribution in [0, 0.1) is 0 Å². The summed E-state index contributed by atoms with van der Waals surface area (Å²) < 4.78 is 38.0. The molecule has 0 radical (unpaired) electrons. The van der Waals surface area contributed by atoms with Gasteiger partial charge in [-0.2, -0.15) is 13.2 Å². The Bertz CT molecular complexity index is 450. The first-order valence-electron chi connectivity index (χ1n) is 4.96. The Morgan fingerprint density at radius 3 is 2.50 bits per heavy atom. The van der Waals surface area contributed by atoms with Gasteiger partial charge in [-0.15, -0.1) is 0 Å². The first kappa shape index (κ1) is 14.8. The second-order valence-electron chi connectivity index (χ2n) is 3.91. The van der Waals surface area contributed by atoms with Crippen LogP contribution >= 0.6 is 11.6 Å². The van der Waals surface area contributed by atoms with Crippen LogP contribution in [-0.4, -0.2) is 22.8 Å². The van der Waals surface area contributed by atoms with E-state index in [0.717, 1.165) is 0 Å². The number of hydrogen-bond acceptors (Lipinski definition) is 2. The average molecular weight is 282 g/mol. The molecule has 1 aromatic carbocycles. The minimum atomic E-state index is -4.89. The zero-order valence-corrected chi connectivity index (χ0v) is 10.1. The van der Waals surface area contributed by atoms with Gasteiger partial charge in [0, 0.05) is 11.6 Å². The zero-order chi connectivity index (χ0) is 14.0. The fourth-order valence-electron chi connectivity index (χ4n) is 1.22. The third kappa shape index (κ3) is 3.14. The largest absolute Gasteiger partial charge is 0.480 e. The van der Waals surface area contributed by atoms with Crippen molar-refractivity contribution < 1.29 is 23.1 Å². The fraction of sp³-hybridized carbons (Fsp3) is 0.364. The van der Waals surface area contributed by atoms with Crippen LogP contribution in [0.25, 0.3) is 0 Å². The van der Waals surface area contributed by atoms with Crippen molar-refractivity contribution in [1.29, 1.82) is 0 Å². The van der Waals surface area contributed by atoms with Crippen LogP contribution in [-0.2, 0) is 11.3 Å². The molecule has 0 bridgehead atoms. The van der Waals surface area contributed by atoms with Gasteiger partial charge < -0.3 is 5.11 Å². The van der Waals surface area contributed by atoms with Crippen LogP contribution in [0.4, 0.5) is 13.2 Å². The first-order chi connectivity index (χ1) is 8.17. The number of nitrogens with one attached hydrogen (secondary N) is 1. The van der Waals surface area contributed by atoms with E-state index in [1.165, 1.54) is 6.07 Å². The molecule has 1 aromatic rings. The smallest absolute Gasteiger partial charge is 0.417 e. The van der Waals surface area contributed by atoms with Gasteiger partial charge in [0.2, 0.25) is 5.54 Å². The molecule has 100 valence electrons. The van der Waals surface area contributed by atoms with Crippen molar-refractivity contribution in [3.63, 3.8) is 0 Å². The molecule has 0 saturated heterocycles. The predicted molar refractivity (Wildman–Crippen MR) is 60.4 cm³/mol. The molecule has 2 N–H and O–H groups in total. The number of carboxylic acid groups (broad SMARTS) is 1. The summed E-state index contributed by atoms with van der Waals surface area (Å²) in [5.41, 5.74) is -2.52. The van der Waals surface area contributed by atoms with Gasteiger partial charge in [0.05, 0.1) is 0 Å². The Morgan fingerprint density at radius 1 is 1.44 bits per heavy atom. The van der Waals surface area contributed by atoms with Crippen LogP contribution in [0.5, 0.6) is 0 Å². The summed E-state index contributed by atoms with van der Waals surface area (Å²) in [6.45, 7) is 0.336. The van der Waals surface area contributed by atoms with Gasteiger partial charge >= 0.3 is 12.1 Å². The topological polar surface area (TPSA) is 49.3 Å². The number of hydrogen-bond donors (Lipinski definition) is 2. The number of alkyl halides is 3. The standard InChI is InChI=1S/C11H11ClF3NO2/c1-10(9(17)18,11(13,14)15)16-6-7-3-2-4-8(12)5-7/h2-5,16H,6H2,1H3,(H,17,18). The van der Waals surface area contributed by atoms with Crippen molar-refractivity contribution in [3.8, 4) is 0 Å². The van der Waals surface area contributed by atoms with E-state index in [4.69, 9.17) is 16.7 Å². The average Bonchev–Trinajstić information content (AvgIpc) is 2.24.